The van der Waals surface area contributed by atoms with E-state index in [1.807, 2.05) is 0 Å². The molecule has 1 saturated heterocycles. The highest BCUT2D eigenvalue weighted by atomic mass is 35.5. The average Bonchev–Trinajstić information content (AvgIpc) is 3.46. The first-order valence-electron chi connectivity index (χ1n) is 10.4. The van der Waals surface area contributed by atoms with Crippen molar-refractivity contribution in [1.82, 2.24) is 0 Å². The number of nitrogens with zero attached hydrogens (tertiary/aromatic N) is 1. The molecule has 5 rings (SSSR count). The van der Waals surface area contributed by atoms with Gasteiger partial charge >= 0.3 is 5.97 Å². The molecular formula is C24H20ClNO5. The molecule has 4 unspecified atom stereocenters. The molecule has 2 aliphatic carbocycles. The summed E-state index contributed by atoms with van der Waals surface area (Å²) in [5.41, 5.74) is 0.949. The van der Waals surface area contributed by atoms with E-state index in [2.05, 4.69) is 0 Å². The average molecular weight is 438 g/mol. The number of imide groups is 1. The van der Waals surface area contributed by atoms with Gasteiger partial charge in [0.25, 0.3) is 0 Å². The summed E-state index contributed by atoms with van der Waals surface area (Å²) >= 11 is 5.81. The lowest BCUT2D eigenvalue weighted by molar-refractivity contribution is -0.123. The van der Waals surface area contributed by atoms with Crippen LogP contribution in [0.25, 0.3) is 0 Å². The molecule has 2 bridgehead atoms. The topological polar surface area (TPSA) is 80.8 Å². The third-order valence-electron chi connectivity index (χ3n) is 6.77. The molecule has 1 heterocycles. The zero-order valence-electron chi connectivity index (χ0n) is 16.6. The van der Waals surface area contributed by atoms with E-state index in [9.17, 15) is 19.2 Å². The number of ketones is 1. The molecule has 0 N–H and O–H groups in total. The molecule has 6 nitrogen and oxygen atoms in total. The Hall–Kier alpha value is -2.99. The minimum absolute atomic E-state index is 0.161. The number of amides is 2. The fraction of sp³-hybridized carbons (Fsp3) is 0.333. The molecule has 3 fully saturated rings. The summed E-state index contributed by atoms with van der Waals surface area (Å²) in [6.07, 6.45) is 2.98. The Morgan fingerprint density at radius 1 is 0.935 bits per heavy atom. The predicted octanol–water partition coefficient (Wildman–Crippen LogP) is 3.92. The maximum Gasteiger partial charge on any atom is 0.338 e. The van der Waals surface area contributed by atoms with Crippen LogP contribution < -0.4 is 4.90 Å². The molecule has 2 aromatic carbocycles. The second-order valence-corrected chi connectivity index (χ2v) is 8.89. The lowest BCUT2D eigenvalue weighted by Crippen LogP contribution is -2.32. The molecule has 1 aliphatic heterocycles. The summed E-state index contributed by atoms with van der Waals surface area (Å²) < 4.78 is 5.15. The van der Waals surface area contributed by atoms with Gasteiger partial charge in [-0.25, -0.2) is 4.79 Å². The largest absolute Gasteiger partial charge is 0.454 e. The molecule has 7 heteroatoms. The highest BCUT2D eigenvalue weighted by Crippen LogP contribution is 2.56. The van der Waals surface area contributed by atoms with Crippen LogP contribution in [0.2, 0.25) is 5.02 Å². The zero-order chi connectivity index (χ0) is 21.7. The summed E-state index contributed by atoms with van der Waals surface area (Å²) in [6, 6.07) is 12.6. The number of hydrogen-bond acceptors (Lipinski definition) is 5. The molecule has 31 heavy (non-hydrogen) atoms. The van der Waals surface area contributed by atoms with Gasteiger partial charge in [-0.1, -0.05) is 17.7 Å². The van der Waals surface area contributed by atoms with Gasteiger partial charge in [-0.15, -0.1) is 0 Å². The Labute approximate surface area is 184 Å². The Bertz CT molecular complexity index is 1070. The van der Waals surface area contributed by atoms with Crippen molar-refractivity contribution in [2.75, 3.05) is 11.5 Å². The van der Waals surface area contributed by atoms with Crippen molar-refractivity contribution in [2.24, 2.45) is 23.7 Å². The van der Waals surface area contributed by atoms with Gasteiger partial charge in [-0.3, -0.25) is 19.3 Å². The van der Waals surface area contributed by atoms with Crippen molar-refractivity contribution in [3.63, 3.8) is 0 Å². The number of anilines is 1. The molecule has 0 aromatic heterocycles. The fourth-order valence-corrected chi connectivity index (χ4v) is 5.49. The number of ether oxygens (including phenoxy) is 1. The summed E-state index contributed by atoms with van der Waals surface area (Å²) in [6.45, 7) is -0.417. The Kier molecular flexibility index (Phi) is 4.89. The van der Waals surface area contributed by atoms with Crippen molar-refractivity contribution in [3.05, 3.63) is 64.7 Å². The number of carbonyl (C=O) groups is 4. The number of rotatable bonds is 5. The van der Waals surface area contributed by atoms with E-state index in [1.54, 1.807) is 36.4 Å². The van der Waals surface area contributed by atoms with Gasteiger partial charge in [0.2, 0.25) is 11.8 Å². The lowest BCUT2D eigenvalue weighted by atomic mass is 9.81. The van der Waals surface area contributed by atoms with Gasteiger partial charge in [-0.05, 0) is 73.6 Å². The van der Waals surface area contributed by atoms with Crippen molar-refractivity contribution >= 4 is 40.9 Å². The van der Waals surface area contributed by atoms with E-state index >= 15 is 0 Å². The Morgan fingerprint density at radius 3 is 2.23 bits per heavy atom. The van der Waals surface area contributed by atoms with Crippen LogP contribution in [-0.2, 0) is 14.3 Å². The number of hydrogen-bond donors (Lipinski definition) is 0. The lowest BCUT2D eigenvalue weighted by Gasteiger charge is -2.19. The van der Waals surface area contributed by atoms with Crippen LogP contribution >= 0.6 is 11.6 Å². The third-order valence-corrected chi connectivity index (χ3v) is 7.02. The number of Topliss-reactive ketones (excluding diaryl/α,β-unsaturated/α-hetero) is 1. The molecule has 2 amide bonds. The summed E-state index contributed by atoms with van der Waals surface area (Å²) in [7, 11) is 0. The molecule has 4 atom stereocenters. The van der Waals surface area contributed by atoms with Gasteiger partial charge in [0, 0.05) is 10.6 Å². The van der Waals surface area contributed by atoms with Gasteiger partial charge in [0.1, 0.15) is 0 Å². The number of carbonyl (C=O) groups excluding carboxylic acids is 4. The van der Waals surface area contributed by atoms with Crippen LogP contribution in [0.5, 0.6) is 0 Å². The molecule has 3 aliphatic rings. The van der Waals surface area contributed by atoms with E-state index in [1.165, 1.54) is 17.0 Å². The molecule has 158 valence electrons. The van der Waals surface area contributed by atoms with Crippen molar-refractivity contribution < 1.29 is 23.9 Å². The minimum atomic E-state index is -0.691. The normalized spacial score (nSPS) is 26.3. The molecule has 0 spiro atoms. The van der Waals surface area contributed by atoms with Crippen LogP contribution in [0, 0.1) is 23.7 Å². The van der Waals surface area contributed by atoms with Crippen molar-refractivity contribution in [1.29, 1.82) is 0 Å². The first kappa shape index (κ1) is 19.9. The minimum Gasteiger partial charge on any atom is -0.454 e. The first-order valence-corrected chi connectivity index (χ1v) is 10.8. The van der Waals surface area contributed by atoms with Crippen LogP contribution in [0.15, 0.2) is 48.5 Å². The van der Waals surface area contributed by atoms with E-state index < -0.39 is 12.6 Å². The first-order chi connectivity index (χ1) is 14.9. The smallest absolute Gasteiger partial charge is 0.338 e. The number of esters is 1. The third kappa shape index (κ3) is 3.35. The fourth-order valence-electron chi connectivity index (χ4n) is 5.37. The Balaban J connectivity index is 1.29. The van der Waals surface area contributed by atoms with Crippen molar-refractivity contribution in [2.45, 2.75) is 19.3 Å². The standard InChI is InChI=1S/C24H20ClNO5/c25-17-8-6-13(7-9-17)19(27)12-31-24(30)16-2-1-3-18(11-16)26-22(28)20-14-4-5-15(10-14)21(20)23(26)29/h1-3,6-9,11,14-15,20-21H,4-5,10,12H2. The van der Waals surface area contributed by atoms with Gasteiger partial charge in [0.05, 0.1) is 23.1 Å². The number of halogens is 1. The molecule has 2 aromatic rings. The van der Waals surface area contributed by atoms with Gasteiger partial charge in [0.15, 0.2) is 12.4 Å². The van der Waals surface area contributed by atoms with E-state index in [0.717, 1.165) is 19.3 Å². The maximum atomic E-state index is 13.0. The van der Waals surface area contributed by atoms with E-state index in [-0.39, 0.29) is 35.0 Å². The second kappa shape index (κ2) is 7.61. The van der Waals surface area contributed by atoms with Crippen LogP contribution in [-0.4, -0.2) is 30.2 Å². The van der Waals surface area contributed by atoms with E-state index in [0.29, 0.717) is 28.1 Å². The monoisotopic (exact) mass is 437 g/mol. The predicted molar refractivity (Wildman–Crippen MR) is 113 cm³/mol. The molecule has 2 saturated carbocycles. The van der Waals surface area contributed by atoms with Gasteiger partial charge in [-0.2, -0.15) is 0 Å². The van der Waals surface area contributed by atoms with E-state index in [4.69, 9.17) is 16.3 Å². The summed E-state index contributed by atoms with van der Waals surface area (Å²) in [5.74, 6) is -1.22. The van der Waals surface area contributed by atoms with Crippen LogP contribution in [0.4, 0.5) is 5.69 Å². The van der Waals surface area contributed by atoms with Gasteiger partial charge < -0.3 is 4.74 Å². The van der Waals surface area contributed by atoms with Crippen molar-refractivity contribution in [3.8, 4) is 0 Å². The second-order valence-electron chi connectivity index (χ2n) is 8.45. The van der Waals surface area contributed by atoms with Crippen LogP contribution in [0.1, 0.15) is 40.0 Å². The summed E-state index contributed by atoms with van der Waals surface area (Å²) in [4.78, 5) is 51.9. The maximum absolute atomic E-state index is 13.0. The zero-order valence-corrected chi connectivity index (χ0v) is 17.4. The number of fused-ring (bicyclic) bond motifs is 5. The quantitative estimate of drug-likeness (QED) is 0.402. The van der Waals surface area contributed by atoms with Crippen LogP contribution in [0.3, 0.4) is 0 Å². The highest BCUT2D eigenvalue weighted by Gasteiger charge is 2.61. The number of benzene rings is 2. The SMILES string of the molecule is O=C(COC(=O)c1cccc(N2C(=O)C3C4CCC(C4)C3C2=O)c1)c1ccc(Cl)cc1. The summed E-state index contributed by atoms with van der Waals surface area (Å²) in [5, 5.41) is 0.508. The Morgan fingerprint density at radius 2 is 1.58 bits per heavy atom. The molecule has 0 radical (unpaired) electrons. The molecular weight excluding hydrogens is 418 g/mol. The highest BCUT2D eigenvalue weighted by molar-refractivity contribution is 6.30.